The van der Waals surface area contributed by atoms with Gasteiger partial charge in [0.1, 0.15) is 0 Å². The summed E-state index contributed by atoms with van der Waals surface area (Å²) in [7, 11) is 2.83. The summed E-state index contributed by atoms with van der Waals surface area (Å²) in [5.74, 6) is -0.264. The number of methoxy groups -OCH3 is 2. The molecule has 0 aliphatic carbocycles. The number of carbonyl (C=O) groups is 1. The van der Waals surface area contributed by atoms with Crippen LogP contribution in [0.25, 0.3) is 0 Å². The molecule has 10 heavy (non-hydrogen) atoms. The molecule has 0 bridgehead atoms. The molecule has 0 aromatic carbocycles. The maximum atomic E-state index is 10.5. The summed E-state index contributed by atoms with van der Waals surface area (Å²) in [6, 6.07) is 0. The van der Waals surface area contributed by atoms with Crippen molar-refractivity contribution in [1.29, 1.82) is 0 Å². The van der Waals surface area contributed by atoms with Crippen LogP contribution >= 0.6 is 12.2 Å². The van der Waals surface area contributed by atoms with Gasteiger partial charge in [0, 0.05) is 6.42 Å². The molecule has 0 aliphatic heterocycles. The van der Waals surface area contributed by atoms with Crippen molar-refractivity contribution in [2.75, 3.05) is 14.2 Å². The molecule has 0 aliphatic rings. The first-order valence-electron chi connectivity index (χ1n) is 2.84. The molecule has 0 atom stereocenters. The van der Waals surface area contributed by atoms with Crippen LogP contribution in [0.3, 0.4) is 0 Å². The van der Waals surface area contributed by atoms with E-state index in [2.05, 4.69) is 9.47 Å². The van der Waals surface area contributed by atoms with Crippen molar-refractivity contribution in [2.24, 2.45) is 0 Å². The second kappa shape index (κ2) is 5.17. The number of thiocarbonyl (C=S) groups is 1. The molecule has 0 saturated carbocycles. The predicted molar refractivity (Wildman–Crippen MR) is 40.9 cm³/mol. The molecule has 0 fully saturated rings. The highest BCUT2D eigenvalue weighted by Gasteiger charge is 2.01. The highest BCUT2D eigenvalue weighted by molar-refractivity contribution is 7.80. The molecular weight excluding hydrogens is 152 g/mol. The van der Waals surface area contributed by atoms with Gasteiger partial charge in [-0.2, -0.15) is 0 Å². The summed E-state index contributed by atoms with van der Waals surface area (Å²) in [5, 5.41) is 0.436. The molecular formula is C6H10O3S. The van der Waals surface area contributed by atoms with Crippen LogP contribution in [0, 0.1) is 0 Å². The van der Waals surface area contributed by atoms with Crippen molar-refractivity contribution in [3.63, 3.8) is 0 Å². The van der Waals surface area contributed by atoms with Gasteiger partial charge in [0.2, 0.25) is 0 Å². The molecule has 0 aromatic rings. The first-order valence-corrected chi connectivity index (χ1v) is 3.25. The van der Waals surface area contributed by atoms with Gasteiger partial charge in [-0.25, -0.2) is 0 Å². The van der Waals surface area contributed by atoms with Crippen LogP contribution in [-0.2, 0) is 14.3 Å². The third-order valence-corrected chi connectivity index (χ3v) is 1.36. The second-order valence-electron chi connectivity index (χ2n) is 1.65. The lowest BCUT2D eigenvalue weighted by Gasteiger charge is -1.99. The van der Waals surface area contributed by atoms with Crippen molar-refractivity contribution in [1.82, 2.24) is 0 Å². The lowest BCUT2D eigenvalue weighted by atomic mass is 10.3. The Morgan fingerprint density at radius 1 is 1.30 bits per heavy atom. The zero-order valence-corrected chi connectivity index (χ0v) is 6.86. The smallest absolute Gasteiger partial charge is 0.305 e. The molecule has 0 heterocycles. The van der Waals surface area contributed by atoms with E-state index >= 15 is 0 Å². The van der Waals surface area contributed by atoms with E-state index in [9.17, 15) is 4.79 Å². The Bertz CT molecular complexity index is 117. The predicted octanol–water partition coefficient (Wildman–Crippen LogP) is 0.913. The Morgan fingerprint density at radius 2 is 1.90 bits per heavy atom. The SMILES string of the molecule is COC(=O)CCC(=S)OC. The maximum Gasteiger partial charge on any atom is 0.305 e. The van der Waals surface area contributed by atoms with Crippen LogP contribution in [0.1, 0.15) is 12.8 Å². The fourth-order valence-electron chi connectivity index (χ4n) is 0.408. The number of rotatable bonds is 3. The number of hydrogen-bond donors (Lipinski definition) is 0. The second-order valence-corrected chi connectivity index (χ2v) is 2.11. The van der Waals surface area contributed by atoms with E-state index < -0.39 is 0 Å². The quantitative estimate of drug-likeness (QED) is 0.456. The van der Waals surface area contributed by atoms with Gasteiger partial charge >= 0.3 is 5.97 Å². The highest BCUT2D eigenvalue weighted by atomic mass is 32.1. The number of esters is 1. The Morgan fingerprint density at radius 3 is 2.30 bits per heavy atom. The number of ether oxygens (including phenoxy) is 2. The monoisotopic (exact) mass is 162 g/mol. The molecule has 3 nitrogen and oxygen atoms in total. The van der Waals surface area contributed by atoms with E-state index in [1.54, 1.807) is 0 Å². The van der Waals surface area contributed by atoms with E-state index in [1.807, 2.05) is 0 Å². The van der Waals surface area contributed by atoms with Gasteiger partial charge in [-0.15, -0.1) is 0 Å². The topological polar surface area (TPSA) is 35.5 Å². The zero-order chi connectivity index (χ0) is 7.98. The summed E-state index contributed by atoms with van der Waals surface area (Å²) >= 11 is 4.69. The average molecular weight is 162 g/mol. The van der Waals surface area contributed by atoms with E-state index in [-0.39, 0.29) is 5.97 Å². The van der Waals surface area contributed by atoms with Crippen molar-refractivity contribution >= 4 is 23.2 Å². The van der Waals surface area contributed by atoms with Gasteiger partial charge in [-0.1, -0.05) is 0 Å². The Hall–Kier alpha value is -0.640. The Balaban J connectivity index is 3.35. The van der Waals surface area contributed by atoms with E-state index in [0.29, 0.717) is 17.9 Å². The standard InChI is InChI=1S/C6H10O3S/c1-8-5(7)3-4-6(10)9-2/h3-4H2,1-2H3. The fraction of sp³-hybridized carbons (Fsp3) is 0.667. The summed E-state index contributed by atoms with van der Waals surface area (Å²) in [5.41, 5.74) is 0. The van der Waals surface area contributed by atoms with E-state index in [4.69, 9.17) is 12.2 Å². The summed E-state index contributed by atoms with van der Waals surface area (Å²) in [6.45, 7) is 0. The van der Waals surface area contributed by atoms with Crippen LogP contribution in [0.15, 0.2) is 0 Å². The summed E-state index contributed by atoms with van der Waals surface area (Å²) in [4.78, 5) is 10.5. The molecule has 0 spiro atoms. The van der Waals surface area contributed by atoms with Gasteiger partial charge < -0.3 is 9.47 Å². The van der Waals surface area contributed by atoms with Crippen LogP contribution in [-0.4, -0.2) is 25.2 Å². The lowest BCUT2D eigenvalue weighted by Crippen LogP contribution is -2.04. The minimum absolute atomic E-state index is 0.264. The van der Waals surface area contributed by atoms with Crippen molar-refractivity contribution < 1.29 is 14.3 Å². The van der Waals surface area contributed by atoms with Crippen molar-refractivity contribution in [3.8, 4) is 0 Å². The Kier molecular flexibility index (Phi) is 4.84. The minimum Gasteiger partial charge on any atom is -0.490 e. The molecule has 0 rings (SSSR count). The normalized spacial score (nSPS) is 8.60. The zero-order valence-electron chi connectivity index (χ0n) is 6.05. The molecule has 58 valence electrons. The largest absolute Gasteiger partial charge is 0.490 e. The van der Waals surface area contributed by atoms with Crippen molar-refractivity contribution in [2.45, 2.75) is 12.8 Å². The van der Waals surface area contributed by atoms with E-state index in [1.165, 1.54) is 14.2 Å². The van der Waals surface area contributed by atoms with Crippen LogP contribution in [0.4, 0.5) is 0 Å². The molecule has 0 aromatic heterocycles. The van der Waals surface area contributed by atoms with Crippen molar-refractivity contribution in [3.05, 3.63) is 0 Å². The molecule has 0 radical (unpaired) electrons. The highest BCUT2D eigenvalue weighted by Crippen LogP contribution is 1.95. The van der Waals surface area contributed by atoms with Crippen LogP contribution in [0.2, 0.25) is 0 Å². The molecule has 0 saturated heterocycles. The minimum atomic E-state index is -0.264. The fourth-order valence-corrected chi connectivity index (χ4v) is 0.510. The molecule has 0 N–H and O–H groups in total. The first kappa shape index (κ1) is 9.36. The lowest BCUT2D eigenvalue weighted by molar-refractivity contribution is -0.140. The van der Waals surface area contributed by atoms with Gasteiger partial charge in [0.15, 0.2) is 5.05 Å². The van der Waals surface area contributed by atoms with E-state index in [0.717, 1.165) is 0 Å². The number of carbonyl (C=O) groups excluding carboxylic acids is 1. The van der Waals surface area contributed by atoms with Gasteiger partial charge in [-0.05, 0) is 12.2 Å². The molecule has 0 amide bonds. The summed E-state index contributed by atoms with van der Waals surface area (Å²) in [6.07, 6.45) is 0.752. The van der Waals surface area contributed by atoms with Gasteiger partial charge in [0.05, 0.1) is 20.6 Å². The average Bonchev–Trinajstić information content (AvgIpc) is 1.99. The molecule has 0 unspecified atom stereocenters. The van der Waals surface area contributed by atoms with Crippen LogP contribution < -0.4 is 0 Å². The number of hydrogen-bond acceptors (Lipinski definition) is 4. The Labute approximate surface area is 65.3 Å². The van der Waals surface area contributed by atoms with Gasteiger partial charge in [0.25, 0.3) is 0 Å². The molecule has 4 heteroatoms. The third-order valence-electron chi connectivity index (χ3n) is 0.989. The summed E-state index contributed by atoms with van der Waals surface area (Å²) < 4.78 is 9.06. The maximum absolute atomic E-state index is 10.5. The van der Waals surface area contributed by atoms with Crippen LogP contribution in [0.5, 0.6) is 0 Å². The first-order chi connectivity index (χ1) is 4.70. The third kappa shape index (κ3) is 4.26. The van der Waals surface area contributed by atoms with Gasteiger partial charge in [-0.3, -0.25) is 4.79 Å².